The molecule has 0 N–H and O–H groups in total. The Bertz CT molecular complexity index is 240. The molecule has 100 valence electrons. The number of aliphatic imine (C=N–C) groups is 1. The number of hydrogen-bond acceptors (Lipinski definition) is 6. The van der Waals surface area contributed by atoms with Crippen LogP contribution >= 0.6 is 25.6 Å². The Morgan fingerprint density at radius 2 is 1.76 bits per heavy atom. The molecule has 1 heterocycles. The second-order valence-electron chi connectivity index (χ2n) is 4.34. The maximum Gasteiger partial charge on any atom is 0.209 e. The van der Waals surface area contributed by atoms with Crippen LogP contribution in [0.2, 0.25) is 0 Å². The summed E-state index contributed by atoms with van der Waals surface area (Å²) in [4.78, 5) is 6.89. The van der Waals surface area contributed by atoms with Crippen molar-refractivity contribution in [1.82, 2.24) is 13.5 Å². The average molecular weight is 276 g/mol. The van der Waals surface area contributed by atoms with E-state index in [1.807, 2.05) is 8.61 Å². The summed E-state index contributed by atoms with van der Waals surface area (Å²) in [5.74, 6) is 1.00. The molecule has 1 rings (SSSR count). The first-order chi connectivity index (χ1) is 8.19. The molecule has 4 nitrogen and oxygen atoms in total. The smallest absolute Gasteiger partial charge is 0.209 e. The molecule has 0 aromatic carbocycles. The molecule has 0 amide bonds. The van der Waals surface area contributed by atoms with Crippen LogP contribution < -0.4 is 0 Å². The van der Waals surface area contributed by atoms with E-state index in [0.29, 0.717) is 13.3 Å². The number of rotatable bonds is 6. The Morgan fingerprint density at radius 1 is 1.18 bits per heavy atom. The van der Waals surface area contributed by atoms with Gasteiger partial charge in [0.2, 0.25) is 5.96 Å². The summed E-state index contributed by atoms with van der Waals surface area (Å²) >= 11 is 8.76. The summed E-state index contributed by atoms with van der Waals surface area (Å²) in [5, 5.41) is 0. The van der Waals surface area contributed by atoms with Crippen molar-refractivity contribution in [1.29, 1.82) is 0 Å². The minimum atomic E-state index is 0.643. The molecule has 0 aliphatic carbocycles. The highest BCUT2D eigenvalue weighted by Gasteiger charge is 2.21. The number of unbranched alkanes of at least 4 members (excludes halogenated alkanes) is 2. The minimum absolute atomic E-state index is 0.643. The maximum absolute atomic E-state index is 4.54. The molecule has 0 aromatic rings. The van der Waals surface area contributed by atoms with Gasteiger partial charge in [-0.15, -0.1) is 0 Å². The van der Waals surface area contributed by atoms with Gasteiger partial charge in [0, 0.05) is 13.1 Å². The lowest BCUT2D eigenvalue weighted by Crippen LogP contribution is -2.47. The van der Waals surface area contributed by atoms with Crippen LogP contribution in [-0.2, 0) is 0 Å². The van der Waals surface area contributed by atoms with E-state index < -0.39 is 0 Å². The molecule has 0 spiro atoms. The molecule has 0 aromatic heterocycles. The van der Waals surface area contributed by atoms with Crippen molar-refractivity contribution in [2.75, 3.05) is 26.4 Å². The van der Waals surface area contributed by atoms with E-state index in [2.05, 4.69) is 49.4 Å². The van der Waals surface area contributed by atoms with Crippen LogP contribution in [0.25, 0.3) is 0 Å². The molecule has 0 radical (unpaired) electrons. The summed E-state index contributed by atoms with van der Waals surface area (Å²) < 4.78 is 3.72. The molecule has 1 aliphatic heterocycles. The van der Waals surface area contributed by atoms with Crippen LogP contribution in [0.15, 0.2) is 4.99 Å². The second kappa shape index (κ2) is 8.11. The van der Waals surface area contributed by atoms with E-state index >= 15 is 0 Å². The Morgan fingerprint density at radius 3 is 2.24 bits per heavy atom. The van der Waals surface area contributed by atoms with Gasteiger partial charge in [0.25, 0.3) is 0 Å². The van der Waals surface area contributed by atoms with Crippen LogP contribution in [0, 0.1) is 0 Å². The van der Waals surface area contributed by atoms with Gasteiger partial charge in [0.1, 0.15) is 6.67 Å². The number of hydrogen-bond donors (Lipinski definition) is 2. The lowest BCUT2D eigenvalue weighted by molar-refractivity contribution is 0.309. The van der Waals surface area contributed by atoms with Gasteiger partial charge in [-0.1, -0.05) is 52.3 Å². The van der Waals surface area contributed by atoms with E-state index in [1.54, 1.807) is 0 Å². The molecule has 0 atom stereocenters. The lowest BCUT2D eigenvalue weighted by Gasteiger charge is -2.36. The van der Waals surface area contributed by atoms with Gasteiger partial charge >= 0.3 is 0 Å². The van der Waals surface area contributed by atoms with Gasteiger partial charge in [-0.25, -0.2) is 9.30 Å². The van der Waals surface area contributed by atoms with Gasteiger partial charge in [0.15, 0.2) is 0 Å². The van der Waals surface area contributed by atoms with Gasteiger partial charge in [-0.2, -0.15) is 0 Å². The number of guanidine groups is 1. The average Bonchev–Trinajstić information content (AvgIpc) is 2.30. The van der Waals surface area contributed by atoms with Crippen molar-refractivity contribution in [3.8, 4) is 0 Å². The highest BCUT2D eigenvalue weighted by molar-refractivity contribution is 7.78. The molecule has 0 fully saturated rings. The van der Waals surface area contributed by atoms with Gasteiger partial charge in [-0.3, -0.25) is 4.31 Å². The third kappa shape index (κ3) is 4.97. The fraction of sp³-hybridized carbons (Fsp3) is 0.909. The first kappa shape index (κ1) is 15.0. The zero-order valence-corrected chi connectivity index (χ0v) is 12.6. The van der Waals surface area contributed by atoms with Crippen molar-refractivity contribution < 1.29 is 0 Å². The summed E-state index contributed by atoms with van der Waals surface area (Å²) in [6.45, 7) is 7.92. The molecule has 6 heteroatoms. The quantitative estimate of drug-likeness (QED) is 0.728. The molecular formula is C11H24N4S2. The standard InChI is InChI=1S/C11H24N4S2/c1-3-5-7-13(8-6-4-2)11-12-9-14(16)10-15(11)17/h16-17H,3-10H2,1-2H3. The highest BCUT2D eigenvalue weighted by Crippen LogP contribution is 2.13. The van der Waals surface area contributed by atoms with Crippen molar-refractivity contribution in [2.45, 2.75) is 39.5 Å². The fourth-order valence-corrected chi connectivity index (χ4v) is 2.39. The third-order valence-corrected chi connectivity index (χ3v) is 3.31. The van der Waals surface area contributed by atoms with E-state index in [1.165, 1.54) is 25.7 Å². The van der Waals surface area contributed by atoms with Crippen molar-refractivity contribution in [3.05, 3.63) is 0 Å². The summed E-state index contributed by atoms with van der Waals surface area (Å²) in [6, 6.07) is 0. The van der Waals surface area contributed by atoms with Gasteiger partial charge in [0.05, 0.1) is 6.67 Å². The summed E-state index contributed by atoms with van der Waals surface area (Å²) in [5.41, 5.74) is 0. The van der Waals surface area contributed by atoms with E-state index in [4.69, 9.17) is 0 Å². The zero-order valence-electron chi connectivity index (χ0n) is 10.8. The molecule has 0 bridgehead atoms. The van der Waals surface area contributed by atoms with Gasteiger partial charge < -0.3 is 4.90 Å². The number of thiol groups is 2. The van der Waals surface area contributed by atoms with Gasteiger partial charge in [-0.05, 0) is 12.8 Å². The normalized spacial score (nSPS) is 17.2. The first-order valence-electron chi connectivity index (χ1n) is 6.38. The molecule has 0 unspecified atom stereocenters. The zero-order chi connectivity index (χ0) is 12.7. The SMILES string of the molecule is CCCCN(CCCC)C1=NCN(S)CN1S. The second-order valence-corrected chi connectivity index (χ2v) is 5.39. The third-order valence-electron chi connectivity index (χ3n) is 2.75. The van der Waals surface area contributed by atoms with Crippen LogP contribution in [0.5, 0.6) is 0 Å². The first-order valence-corrected chi connectivity index (χ1v) is 7.18. The van der Waals surface area contributed by atoms with Crippen LogP contribution in [0.1, 0.15) is 39.5 Å². The van der Waals surface area contributed by atoms with Crippen molar-refractivity contribution in [2.24, 2.45) is 4.99 Å². The fourth-order valence-electron chi connectivity index (χ4n) is 1.76. The molecule has 17 heavy (non-hydrogen) atoms. The molecule has 0 saturated carbocycles. The Hall–Kier alpha value is -0.0700. The minimum Gasteiger partial charge on any atom is -0.342 e. The van der Waals surface area contributed by atoms with Crippen LogP contribution in [0.3, 0.4) is 0 Å². The largest absolute Gasteiger partial charge is 0.342 e. The predicted molar refractivity (Wildman–Crippen MR) is 80.2 cm³/mol. The van der Waals surface area contributed by atoms with Crippen LogP contribution in [-0.4, -0.2) is 45.9 Å². The van der Waals surface area contributed by atoms with Crippen molar-refractivity contribution in [3.63, 3.8) is 0 Å². The maximum atomic E-state index is 4.54. The van der Waals surface area contributed by atoms with E-state index in [0.717, 1.165) is 19.0 Å². The van der Waals surface area contributed by atoms with E-state index in [-0.39, 0.29) is 0 Å². The van der Waals surface area contributed by atoms with E-state index in [9.17, 15) is 0 Å². The highest BCUT2D eigenvalue weighted by atomic mass is 32.1. The predicted octanol–water partition coefficient (Wildman–Crippen LogP) is 2.47. The molecule has 0 saturated heterocycles. The molecular weight excluding hydrogens is 252 g/mol. The van der Waals surface area contributed by atoms with Crippen LogP contribution in [0.4, 0.5) is 0 Å². The van der Waals surface area contributed by atoms with Crippen molar-refractivity contribution >= 4 is 31.6 Å². The Labute approximate surface area is 116 Å². The monoisotopic (exact) mass is 276 g/mol. The Balaban J connectivity index is 2.60. The topological polar surface area (TPSA) is 22.1 Å². The lowest BCUT2D eigenvalue weighted by atomic mass is 10.3. The Kier molecular flexibility index (Phi) is 7.15. The molecule has 1 aliphatic rings. The summed E-state index contributed by atoms with van der Waals surface area (Å²) in [7, 11) is 0. The number of nitrogens with zero attached hydrogens (tertiary/aromatic N) is 4. The summed E-state index contributed by atoms with van der Waals surface area (Å²) in [6.07, 6.45) is 4.83.